The van der Waals surface area contributed by atoms with Crippen LogP contribution in [0.1, 0.15) is 21.8 Å². The van der Waals surface area contributed by atoms with Gasteiger partial charge < -0.3 is 4.42 Å². The predicted molar refractivity (Wildman–Crippen MR) is 105 cm³/mol. The molecular formula is C19H15ClN2OS2. The molecule has 0 atom stereocenters. The lowest BCUT2D eigenvalue weighted by Crippen LogP contribution is -1.88. The average molecular weight is 387 g/mol. The summed E-state index contributed by atoms with van der Waals surface area (Å²) in [6.07, 6.45) is 0.872. The molecule has 4 aromatic rings. The molecule has 0 saturated heterocycles. The fourth-order valence-electron chi connectivity index (χ4n) is 2.45. The molecule has 0 spiro atoms. The molecule has 2 aromatic carbocycles. The Morgan fingerprint density at radius 3 is 2.80 bits per heavy atom. The second-order valence-corrected chi connectivity index (χ2v) is 8.08. The van der Waals surface area contributed by atoms with Crippen molar-refractivity contribution in [3.8, 4) is 0 Å². The number of rotatable bonds is 5. The van der Waals surface area contributed by atoms with Gasteiger partial charge in [0.25, 0.3) is 5.22 Å². The smallest absolute Gasteiger partial charge is 0.257 e. The lowest BCUT2D eigenvalue weighted by atomic mass is 10.1. The molecule has 0 radical (unpaired) electrons. The molecule has 0 fully saturated rings. The highest BCUT2D eigenvalue weighted by molar-refractivity contribution is 7.98. The summed E-state index contributed by atoms with van der Waals surface area (Å²) >= 11 is 9.22. The maximum Gasteiger partial charge on any atom is 0.257 e. The van der Waals surface area contributed by atoms with Gasteiger partial charge in [-0.05, 0) is 24.6 Å². The second-order valence-electron chi connectivity index (χ2n) is 5.78. The molecule has 2 aromatic heterocycles. The van der Waals surface area contributed by atoms with Gasteiger partial charge >= 0.3 is 0 Å². The van der Waals surface area contributed by atoms with Crippen LogP contribution < -0.4 is 0 Å². The van der Waals surface area contributed by atoms with Crippen molar-refractivity contribution in [2.24, 2.45) is 0 Å². The minimum Gasteiger partial charge on any atom is -0.431 e. The zero-order valence-electron chi connectivity index (χ0n) is 13.5. The van der Waals surface area contributed by atoms with Gasteiger partial charge in [-0.1, -0.05) is 53.2 Å². The summed E-state index contributed by atoms with van der Waals surface area (Å²) in [5, 5.41) is 4.53. The molecule has 0 aliphatic rings. The van der Waals surface area contributed by atoms with Crippen molar-refractivity contribution in [1.29, 1.82) is 0 Å². The van der Waals surface area contributed by atoms with E-state index in [2.05, 4.69) is 41.6 Å². The van der Waals surface area contributed by atoms with E-state index < -0.39 is 0 Å². The Labute approximate surface area is 159 Å². The monoisotopic (exact) mass is 386 g/mol. The molecule has 0 unspecified atom stereocenters. The third kappa shape index (κ3) is 4.06. The quantitative estimate of drug-likeness (QED) is 0.387. The molecule has 0 aliphatic carbocycles. The highest BCUT2D eigenvalue weighted by Gasteiger charge is 2.09. The second kappa shape index (κ2) is 7.20. The Kier molecular flexibility index (Phi) is 4.79. The van der Waals surface area contributed by atoms with Crippen LogP contribution in [0.5, 0.6) is 0 Å². The van der Waals surface area contributed by atoms with Crippen molar-refractivity contribution in [3.05, 3.63) is 74.7 Å². The van der Waals surface area contributed by atoms with E-state index in [4.69, 9.17) is 21.0 Å². The van der Waals surface area contributed by atoms with Gasteiger partial charge in [-0.3, -0.25) is 0 Å². The Bertz CT molecular complexity index is 1010. The number of halogens is 1. The van der Waals surface area contributed by atoms with E-state index in [9.17, 15) is 0 Å². The molecule has 126 valence electrons. The van der Waals surface area contributed by atoms with E-state index in [0.29, 0.717) is 15.8 Å². The first-order valence-corrected chi connectivity index (χ1v) is 10.1. The highest BCUT2D eigenvalue weighted by Crippen LogP contribution is 2.28. The first-order chi connectivity index (χ1) is 12.2. The number of benzene rings is 2. The van der Waals surface area contributed by atoms with Crippen LogP contribution in [0.4, 0.5) is 0 Å². The van der Waals surface area contributed by atoms with Crippen LogP contribution in [0.15, 0.2) is 57.5 Å². The van der Waals surface area contributed by atoms with Crippen LogP contribution in [0.25, 0.3) is 11.1 Å². The van der Waals surface area contributed by atoms with E-state index in [-0.39, 0.29) is 0 Å². The zero-order valence-corrected chi connectivity index (χ0v) is 15.9. The zero-order chi connectivity index (χ0) is 17.2. The Balaban J connectivity index is 1.41. The lowest BCUT2D eigenvalue weighted by molar-refractivity contribution is 0.489. The van der Waals surface area contributed by atoms with Crippen LogP contribution in [0, 0.1) is 6.92 Å². The summed E-state index contributed by atoms with van der Waals surface area (Å²) in [7, 11) is 0. The van der Waals surface area contributed by atoms with Crippen LogP contribution >= 0.6 is 34.7 Å². The predicted octanol–water partition coefficient (Wildman–Crippen LogP) is 6.13. The molecule has 3 nitrogen and oxygen atoms in total. The van der Waals surface area contributed by atoms with Crippen LogP contribution in [-0.4, -0.2) is 9.97 Å². The summed E-state index contributed by atoms with van der Waals surface area (Å²) in [6.45, 7) is 2.10. The molecule has 0 amide bonds. The largest absolute Gasteiger partial charge is 0.431 e. The molecular weight excluding hydrogens is 372 g/mol. The third-order valence-electron chi connectivity index (χ3n) is 3.75. The SMILES string of the molecule is Cc1ccc(Cc2nc(CSc3nc4ccc(Cl)cc4o3)cs2)cc1. The van der Waals surface area contributed by atoms with Crippen molar-refractivity contribution >= 4 is 45.8 Å². The molecule has 25 heavy (non-hydrogen) atoms. The maximum atomic E-state index is 5.98. The number of aromatic nitrogens is 2. The van der Waals surface area contributed by atoms with Crippen molar-refractivity contribution in [2.75, 3.05) is 0 Å². The number of hydrogen-bond donors (Lipinski definition) is 0. The fraction of sp³-hybridized carbons (Fsp3) is 0.158. The van der Waals surface area contributed by atoms with Crippen molar-refractivity contribution in [3.63, 3.8) is 0 Å². The van der Waals surface area contributed by atoms with Crippen molar-refractivity contribution < 1.29 is 4.42 Å². The van der Waals surface area contributed by atoms with Gasteiger partial charge in [0.1, 0.15) is 5.52 Å². The summed E-state index contributed by atoms with van der Waals surface area (Å²) in [6, 6.07) is 14.1. The summed E-state index contributed by atoms with van der Waals surface area (Å²) in [5.74, 6) is 0.741. The summed E-state index contributed by atoms with van der Waals surface area (Å²) < 4.78 is 5.73. The Morgan fingerprint density at radius 1 is 1.12 bits per heavy atom. The van der Waals surface area contributed by atoms with E-state index in [0.717, 1.165) is 28.4 Å². The van der Waals surface area contributed by atoms with E-state index in [1.807, 2.05) is 12.1 Å². The topological polar surface area (TPSA) is 38.9 Å². The molecule has 6 heteroatoms. The number of oxazole rings is 1. The van der Waals surface area contributed by atoms with Crippen LogP contribution in [0.3, 0.4) is 0 Å². The molecule has 0 N–H and O–H groups in total. The maximum absolute atomic E-state index is 5.98. The number of fused-ring (bicyclic) bond motifs is 1. The van der Waals surface area contributed by atoms with Crippen molar-refractivity contribution in [1.82, 2.24) is 9.97 Å². The molecule has 0 saturated carbocycles. The van der Waals surface area contributed by atoms with Gasteiger partial charge in [0.15, 0.2) is 5.58 Å². The molecule has 0 bridgehead atoms. The summed E-state index contributed by atoms with van der Waals surface area (Å²) in [5.41, 5.74) is 5.16. The number of hydrogen-bond acceptors (Lipinski definition) is 5. The van der Waals surface area contributed by atoms with Gasteiger partial charge in [-0.2, -0.15) is 0 Å². The van der Waals surface area contributed by atoms with Crippen LogP contribution in [-0.2, 0) is 12.2 Å². The third-order valence-corrected chi connectivity index (χ3v) is 5.74. The van der Waals surface area contributed by atoms with E-state index >= 15 is 0 Å². The standard InChI is InChI=1S/C19H15ClN2OS2/c1-12-2-4-13(5-3-12)8-18-21-15(10-24-18)11-25-19-22-16-7-6-14(20)9-17(16)23-19/h2-7,9-10H,8,11H2,1H3. The van der Waals surface area contributed by atoms with Gasteiger partial charge in [-0.25, -0.2) is 9.97 Å². The number of nitrogens with zero attached hydrogens (tertiary/aromatic N) is 2. The van der Waals surface area contributed by atoms with E-state index in [1.165, 1.54) is 11.1 Å². The number of aryl methyl sites for hydroxylation is 1. The fourth-order valence-corrected chi connectivity index (χ4v) is 4.28. The first-order valence-electron chi connectivity index (χ1n) is 7.83. The number of thiazole rings is 1. The first kappa shape index (κ1) is 16.6. The van der Waals surface area contributed by atoms with E-state index in [1.54, 1.807) is 29.2 Å². The molecule has 2 heterocycles. The van der Waals surface area contributed by atoms with Gasteiger partial charge in [0.2, 0.25) is 0 Å². The lowest BCUT2D eigenvalue weighted by Gasteiger charge is -1.98. The molecule has 0 aliphatic heterocycles. The normalized spacial score (nSPS) is 11.3. The summed E-state index contributed by atoms with van der Waals surface area (Å²) in [4.78, 5) is 9.18. The van der Waals surface area contributed by atoms with Gasteiger partial charge in [0, 0.05) is 28.6 Å². The minimum absolute atomic E-state index is 0.644. The molecule has 4 rings (SSSR count). The Hall–Kier alpha value is -1.82. The Morgan fingerprint density at radius 2 is 1.96 bits per heavy atom. The van der Waals surface area contributed by atoms with Crippen LogP contribution in [0.2, 0.25) is 5.02 Å². The average Bonchev–Trinajstić information content (AvgIpc) is 3.21. The van der Waals surface area contributed by atoms with Gasteiger partial charge in [-0.15, -0.1) is 11.3 Å². The van der Waals surface area contributed by atoms with Gasteiger partial charge in [0.05, 0.1) is 10.7 Å². The highest BCUT2D eigenvalue weighted by atomic mass is 35.5. The minimum atomic E-state index is 0.644. The van der Waals surface area contributed by atoms with Crippen molar-refractivity contribution in [2.45, 2.75) is 24.3 Å². The number of thioether (sulfide) groups is 1.